The molecule has 0 bridgehead atoms. The molecule has 0 aliphatic carbocycles. The molecular weight excluding hydrogens is 198 g/mol. The summed E-state index contributed by atoms with van der Waals surface area (Å²) >= 11 is 0. The Morgan fingerprint density at radius 3 is 3.25 bits per heavy atom. The standard InChI is InChI=1S/C13H17N3/c1-2-6-15-12(3-1)10-16-8-5-11-9-14-7-4-13(11)16/h4-5,7-9,12,15H,1-3,6,10H2. The van der Waals surface area contributed by atoms with E-state index in [1.807, 2.05) is 12.4 Å². The van der Waals surface area contributed by atoms with Gasteiger partial charge in [-0.25, -0.2) is 0 Å². The smallest absolute Gasteiger partial charge is 0.0511 e. The van der Waals surface area contributed by atoms with Crippen LogP contribution in [0, 0.1) is 0 Å². The number of piperidine rings is 1. The minimum Gasteiger partial charge on any atom is -0.346 e. The zero-order chi connectivity index (χ0) is 10.8. The maximum absolute atomic E-state index is 4.14. The second kappa shape index (κ2) is 4.26. The number of aromatic nitrogens is 2. The van der Waals surface area contributed by atoms with Crippen LogP contribution in [0.5, 0.6) is 0 Å². The first-order valence-corrected chi connectivity index (χ1v) is 6.06. The van der Waals surface area contributed by atoms with E-state index in [0.29, 0.717) is 6.04 Å². The molecular formula is C13H17N3. The summed E-state index contributed by atoms with van der Waals surface area (Å²) in [7, 11) is 0. The Hall–Kier alpha value is -1.35. The average Bonchev–Trinajstić information content (AvgIpc) is 2.74. The molecule has 0 saturated carbocycles. The van der Waals surface area contributed by atoms with Gasteiger partial charge in [0.1, 0.15) is 0 Å². The second-order valence-electron chi connectivity index (χ2n) is 4.55. The Morgan fingerprint density at radius 1 is 1.38 bits per heavy atom. The number of nitrogens with one attached hydrogen (secondary N) is 1. The van der Waals surface area contributed by atoms with E-state index in [2.05, 4.69) is 33.2 Å². The second-order valence-corrected chi connectivity index (χ2v) is 4.55. The first kappa shape index (κ1) is 9.85. The molecule has 1 aliphatic rings. The molecule has 1 saturated heterocycles. The van der Waals surface area contributed by atoms with Crippen LogP contribution in [0.2, 0.25) is 0 Å². The minimum absolute atomic E-state index is 0.637. The molecule has 3 nitrogen and oxygen atoms in total. The Balaban J connectivity index is 1.83. The lowest BCUT2D eigenvalue weighted by Gasteiger charge is -2.24. The molecule has 1 unspecified atom stereocenters. The minimum atomic E-state index is 0.637. The lowest BCUT2D eigenvalue weighted by molar-refractivity contribution is 0.366. The van der Waals surface area contributed by atoms with Gasteiger partial charge in [0.25, 0.3) is 0 Å². The third-order valence-electron chi connectivity index (χ3n) is 3.40. The monoisotopic (exact) mass is 215 g/mol. The summed E-state index contributed by atoms with van der Waals surface area (Å²) in [5.41, 5.74) is 1.29. The van der Waals surface area contributed by atoms with Crippen LogP contribution in [0.25, 0.3) is 10.9 Å². The number of hydrogen-bond donors (Lipinski definition) is 1. The third kappa shape index (κ3) is 1.83. The predicted octanol–water partition coefficient (Wildman–Crippen LogP) is 2.18. The van der Waals surface area contributed by atoms with Crippen molar-refractivity contribution in [1.82, 2.24) is 14.9 Å². The molecule has 3 heteroatoms. The first-order valence-electron chi connectivity index (χ1n) is 6.06. The number of fused-ring (bicyclic) bond motifs is 1. The van der Waals surface area contributed by atoms with Crippen molar-refractivity contribution in [3.05, 3.63) is 30.7 Å². The van der Waals surface area contributed by atoms with Crippen LogP contribution in [-0.4, -0.2) is 22.1 Å². The van der Waals surface area contributed by atoms with Crippen LogP contribution in [0.3, 0.4) is 0 Å². The van der Waals surface area contributed by atoms with E-state index in [1.165, 1.54) is 36.7 Å². The number of rotatable bonds is 2. The Labute approximate surface area is 95.5 Å². The van der Waals surface area contributed by atoms with Gasteiger partial charge in [-0.05, 0) is 31.5 Å². The summed E-state index contributed by atoms with van der Waals surface area (Å²) in [4.78, 5) is 4.14. The summed E-state index contributed by atoms with van der Waals surface area (Å²) < 4.78 is 2.33. The summed E-state index contributed by atoms with van der Waals surface area (Å²) in [5, 5.41) is 4.82. The molecule has 1 aliphatic heterocycles. The van der Waals surface area contributed by atoms with Crippen LogP contribution in [0.1, 0.15) is 19.3 Å². The van der Waals surface area contributed by atoms with E-state index in [1.54, 1.807) is 0 Å². The highest BCUT2D eigenvalue weighted by Gasteiger charge is 2.13. The van der Waals surface area contributed by atoms with E-state index in [4.69, 9.17) is 0 Å². The van der Waals surface area contributed by atoms with Gasteiger partial charge >= 0.3 is 0 Å². The third-order valence-corrected chi connectivity index (χ3v) is 3.40. The fourth-order valence-electron chi connectivity index (χ4n) is 2.52. The van der Waals surface area contributed by atoms with Gasteiger partial charge in [-0.2, -0.15) is 0 Å². The maximum Gasteiger partial charge on any atom is 0.0511 e. The van der Waals surface area contributed by atoms with Gasteiger partial charge in [0.05, 0.1) is 5.52 Å². The zero-order valence-electron chi connectivity index (χ0n) is 9.39. The number of nitrogens with zero attached hydrogens (tertiary/aromatic N) is 2. The molecule has 3 heterocycles. The van der Waals surface area contributed by atoms with Crippen molar-refractivity contribution < 1.29 is 0 Å². The first-order chi connectivity index (χ1) is 7.93. The van der Waals surface area contributed by atoms with Crippen molar-refractivity contribution in [2.45, 2.75) is 31.8 Å². The van der Waals surface area contributed by atoms with Crippen molar-refractivity contribution in [3.63, 3.8) is 0 Å². The molecule has 1 fully saturated rings. The number of hydrogen-bond acceptors (Lipinski definition) is 2. The normalized spacial score (nSPS) is 21.4. The molecule has 84 valence electrons. The molecule has 0 spiro atoms. The molecule has 0 aromatic carbocycles. The lowest BCUT2D eigenvalue weighted by atomic mass is 10.1. The molecule has 2 aromatic heterocycles. The van der Waals surface area contributed by atoms with Gasteiger partial charge < -0.3 is 9.88 Å². The fourth-order valence-corrected chi connectivity index (χ4v) is 2.52. The molecule has 2 aromatic rings. The topological polar surface area (TPSA) is 29.9 Å². The van der Waals surface area contributed by atoms with Gasteiger partial charge in [-0.3, -0.25) is 4.98 Å². The van der Waals surface area contributed by atoms with Crippen LogP contribution in [0.15, 0.2) is 30.7 Å². The SMILES string of the molecule is c1cc2c(ccn2CC2CCCCN2)cn1. The quantitative estimate of drug-likeness (QED) is 0.832. The predicted molar refractivity (Wildman–Crippen MR) is 65.4 cm³/mol. The maximum atomic E-state index is 4.14. The van der Waals surface area contributed by atoms with E-state index < -0.39 is 0 Å². The van der Waals surface area contributed by atoms with Crippen molar-refractivity contribution >= 4 is 10.9 Å². The van der Waals surface area contributed by atoms with Gasteiger partial charge in [-0.1, -0.05) is 6.42 Å². The van der Waals surface area contributed by atoms with E-state index in [9.17, 15) is 0 Å². The van der Waals surface area contributed by atoms with Crippen molar-refractivity contribution in [3.8, 4) is 0 Å². The van der Waals surface area contributed by atoms with E-state index in [0.717, 1.165) is 6.54 Å². The summed E-state index contributed by atoms with van der Waals surface area (Å²) in [6.07, 6.45) is 9.95. The highest BCUT2D eigenvalue weighted by Crippen LogP contribution is 2.16. The fraction of sp³-hybridized carbons (Fsp3) is 0.462. The number of pyridine rings is 1. The van der Waals surface area contributed by atoms with Crippen molar-refractivity contribution in [1.29, 1.82) is 0 Å². The van der Waals surface area contributed by atoms with Gasteiger partial charge in [-0.15, -0.1) is 0 Å². The van der Waals surface area contributed by atoms with Crippen molar-refractivity contribution in [2.24, 2.45) is 0 Å². The van der Waals surface area contributed by atoms with Crippen LogP contribution in [-0.2, 0) is 6.54 Å². The summed E-state index contributed by atoms with van der Waals surface area (Å²) in [6.45, 7) is 2.25. The van der Waals surface area contributed by atoms with Gasteiger partial charge in [0.15, 0.2) is 0 Å². The molecule has 1 N–H and O–H groups in total. The Morgan fingerprint density at radius 2 is 2.38 bits per heavy atom. The highest BCUT2D eigenvalue weighted by molar-refractivity contribution is 5.78. The molecule has 0 amide bonds. The molecule has 3 rings (SSSR count). The van der Waals surface area contributed by atoms with Crippen LogP contribution >= 0.6 is 0 Å². The lowest BCUT2D eigenvalue weighted by Crippen LogP contribution is -2.37. The van der Waals surface area contributed by atoms with Gasteiger partial charge in [0, 0.05) is 36.6 Å². The zero-order valence-corrected chi connectivity index (χ0v) is 9.39. The van der Waals surface area contributed by atoms with Crippen LogP contribution < -0.4 is 5.32 Å². The van der Waals surface area contributed by atoms with E-state index in [-0.39, 0.29) is 0 Å². The van der Waals surface area contributed by atoms with Crippen molar-refractivity contribution in [2.75, 3.05) is 6.54 Å². The molecule has 0 radical (unpaired) electrons. The van der Waals surface area contributed by atoms with Gasteiger partial charge in [0.2, 0.25) is 0 Å². The Bertz CT molecular complexity index is 469. The molecule has 16 heavy (non-hydrogen) atoms. The average molecular weight is 215 g/mol. The van der Waals surface area contributed by atoms with Crippen LogP contribution in [0.4, 0.5) is 0 Å². The van der Waals surface area contributed by atoms with E-state index >= 15 is 0 Å². The summed E-state index contributed by atoms with van der Waals surface area (Å²) in [5.74, 6) is 0. The molecule has 1 atom stereocenters. The highest BCUT2D eigenvalue weighted by atomic mass is 15.0. The largest absolute Gasteiger partial charge is 0.346 e. The Kier molecular flexibility index (Phi) is 2.62. The summed E-state index contributed by atoms with van der Waals surface area (Å²) in [6, 6.07) is 4.88.